The fourth-order valence-electron chi connectivity index (χ4n) is 1.59. The van der Waals surface area contributed by atoms with Crippen LogP contribution >= 0.6 is 0 Å². The monoisotopic (exact) mass is 335 g/mol. The number of benzene rings is 1. The lowest BCUT2D eigenvalue weighted by atomic mass is 10.2. The number of esters is 2. The molecule has 1 rings (SSSR count). The van der Waals surface area contributed by atoms with Crippen LogP contribution in [0.2, 0.25) is 0 Å². The van der Waals surface area contributed by atoms with Gasteiger partial charge in [-0.3, -0.25) is 5.32 Å². The highest BCUT2D eigenvalue weighted by Gasteiger charge is 2.18. The lowest BCUT2D eigenvalue weighted by Gasteiger charge is -2.20. The quantitative estimate of drug-likeness (QED) is 0.517. The summed E-state index contributed by atoms with van der Waals surface area (Å²) >= 11 is 0. The molecular formula is C17H21NO6. The van der Waals surface area contributed by atoms with Gasteiger partial charge in [-0.1, -0.05) is 6.07 Å². The smallest absolute Gasteiger partial charge is 0.412 e. The molecule has 0 saturated heterocycles. The van der Waals surface area contributed by atoms with Crippen molar-refractivity contribution in [2.45, 2.75) is 33.3 Å². The topological polar surface area (TPSA) is 90.9 Å². The zero-order valence-corrected chi connectivity index (χ0v) is 14.3. The lowest BCUT2D eigenvalue weighted by Crippen LogP contribution is -2.27. The number of methoxy groups -OCH3 is 1. The Hall–Kier alpha value is -2.83. The van der Waals surface area contributed by atoms with E-state index in [1.54, 1.807) is 32.9 Å². The summed E-state index contributed by atoms with van der Waals surface area (Å²) < 4.78 is 14.7. The van der Waals surface area contributed by atoms with Gasteiger partial charge in [-0.25, -0.2) is 14.4 Å². The van der Waals surface area contributed by atoms with Gasteiger partial charge in [0.2, 0.25) is 0 Å². The Kier molecular flexibility index (Phi) is 6.52. The van der Waals surface area contributed by atoms with Gasteiger partial charge in [-0.15, -0.1) is 0 Å². The Morgan fingerprint density at radius 3 is 2.29 bits per heavy atom. The summed E-state index contributed by atoms with van der Waals surface area (Å²) in [5.41, 5.74) is 0.476. The first-order valence-corrected chi connectivity index (χ1v) is 7.19. The third-order valence-electron chi connectivity index (χ3n) is 2.54. The molecule has 0 aromatic heterocycles. The molecule has 1 aromatic rings. The number of hydrogen-bond acceptors (Lipinski definition) is 6. The number of hydrogen-bond donors (Lipinski definition) is 1. The second-order valence-electron chi connectivity index (χ2n) is 5.90. The fraction of sp³-hybridized carbons (Fsp3) is 0.353. The summed E-state index contributed by atoms with van der Waals surface area (Å²) in [5.74, 6) is -1.33. The van der Waals surface area contributed by atoms with Crippen LogP contribution in [0.25, 0.3) is 0 Å². The molecular weight excluding hydrogens is 314 g/mol. The Balaban J connectivity index is 2.88. The van der Waals surface area contributed by atoms with Gasteiger partial charge < -0.3 is 14.2 Å². The molecule has 0 spiro atoms. The predicted molar refractivity (Wildman–Crippen MR) is 87.8 cm³/mol. The van der Waals surface area contributed by atoms with Crippen molar-refractivity contribution in [3.05, 3.63) is 35.9 Å². The summed E-state index contributed by atoms with van der Waals surface area (Å²) in [6, 6.07) is 4.88. The van der Waals surface area contributed by atoms with Crippen LogP contribution in [-0.2, 0) is 19.1 Å². The number of anilines is 1. The first kappa shape index (κ1) is 19.2. The minimum Gasteiger partial charge on any atom is -0.466 e. The Morgan fingerprint density at radius 2 is 1.71 bits per heavy atom. The molecule has 7 heteroatoms. The van der Waals surface area contributed by atoms with Gasteiger partial charge in [-0.05, 0) is 45.4 Å². The van der Waals surface area contributed by atoms with Gasteiger partial charge in [-0.2, -0.15) is 0 Å². The SMILES string of the molecule is COC(=O)/C=C/C(=O)Oc1ccc(C)cc1NC(=O)OC(C)(C)C. The van der Waals surface area contributed by atoms with Crippen LogP contribution in [0.5, 0.6) is 5.75 Å². The first-order chi connectivity index (χ1) is 11.1. The number of amides is 1. The van der Waals surface area contributed by atoms with Crippen molar-refractivity contribution in [1.29, 1.82) is 0 Å². The predicted octanol–water partition coefficient (Wildman–Crippen LogP) is 2.98. The van der Waals surface area contributed by atoms with Gasteiger partial charge in [0, 0.05) is 12.2 Å². The highest BCUT2D eigenvalue weighted by atomic mass is 16.6. The zero-order chi connectivity index (χ0) is 18.3. The van der Waals surface area contributed by atoms with E-state index in [2.05, 4.69) is 10.1 Å². The summed E-state index contributed by atoms with van der Waals surface area (Å²) in [4.78, 5) is 34.6. The summed E-state index contributed by atoms with van der Waals surface area (Å²) in [5, 5.41) is 2.54. The van der Waals surface area contributed by atoms with E-state index in [-0.39, 0.29) is 11.4 Å². The second-order valence-corrected chi connectivity index (χ2v) is 5.90. The summed E-state index contributed by atoms with van der Waals surface area (Å²) in [6.07, 6.45) is 1.20. The van der Waals surface area contributed by atoms with E-state index >= 15 is 0 Å². The van der Waals surface area contributed by atoms with Crippen molar-refractivity contribution in [3.63, 3.8) is 0 Å². The number of ether oxygens (including phenoxy) is 3. The van der Waals surface area contributed by atoms with Crippen molar-refractivity contribution in [2.75, 3.05) is 12.4 Å². The molecule has 0 fully saturated rings. The Bertz CT molecular complexity index is 658. The summed E-state index contributed by atoms with van der Waals surface area (Å²) in [6.45, 7) is 7.03. The maximum atomic E-state index is 11.9. The van der Waals surface area contributed by atoms with Gasteiger partial charge >= 0.3 is 18.0 Å². The minimum absolute atomic E-state index is 0.131. The van der Waals surface area contributed by atoms with Crippen molar-refractivity contribution in [2.24, 2.45) is 0 Å². The van der Waals surface area contributed by atoms with E-state index in [4.69, 9.17) is 9.47 Å². The summed E-state index contributed by atoms with van der Waals surface area (Å²) in [7, 11) is 1.20. The molecule has 130 valence electrons. The van der Waals surface area contributed by atoms with Crippen molar-refractivity contribution in [3.8, 4) is 5.75 Å². The maximum absolute atomic E-state index is 11.9. The van der Waals surface area contributed by atoms with E-state index in [0.717, 1.165) is 17.7 Å². The molecule has 0 saturated carbocycles. The van der Waals surface area contributed by atoms with Crippen LogP contribution in [0.4, 0.5) is 10.5 Å². The lowest BCUT2D eigenvalue weighted by molar-refractivity contribution is -0.135. The molecule has 0 bridgehead atoms. The molecule has 0 unspecified atom stereocenters. The molecule has 0 aliphatic heterocycles. The number of rotatable bonds is 4. The standard InChI is InChI=1S/C17H21NO6/c1-11-6-7-13(23-15(20)9-8-14(19)22-5)12(10-11)18-16(21)24-17(2,3)4/h6-10H,1-5H3,(H,18,21)/b9-8+. The van der Waals surface area contributed by atoms with Gasteiger partial charge in [0.25, 0.3) is 0 Å². The van der Waals surface area contributed by atoms with Crippen LogP contribution in [0.15, 0.2) is 30.4 Å². The average molecular weight is 335 g/mol. The molecule has 0 aliphatic rings. The largest absolute Gasteiger partial charge is 0.466 e. The number of nitrogens with one attached hydrogen (secondary N) is 1. The normalized spacial score (nSPS) is 11.0. The minimum atomic E-state index is -0.781. The highest BCUT2D eigenvalue weighted by Crippen LogP contribution is 2.26. The van der Waals surface area contributed by atoms with E-state index in [1.807, 2.05) is 6.92 Å². The van der Waals surface area contributed by atoms with Crippen molar-refractivity contribution >= 4 is 23.7 Å². The molecule has 0 aliphatic carbocycles. The van der Waals surface area contributed by atoms with Gasteiger partial charge in [0.15, 0.2) is 5.75 Å². The Morgan fingerprint density at radius 1 is 1.08 bits per heavy atom. The maximum Gasteiger partial charge on any atom is 0.412 e. The van der Waals surface area contributed by atoms with Crippen molar-refractivity contribution in [1.82, 2.24) is 0 Å². The molecule has 7 nitrogen and oxygen atoms in total. The van der Waals surface area contributed by atoms with Crippen LogP contribution in [-0.4, -0.2) is 30.7 Å². The molecule has 1 aromatic carbocycles. The van der Waals surface area contributed by atoms with E-state index in [9.17, 15) is 14.4 Å². The van der Waals surface area contributed by atoms with Crippen LogP contribution in [0.1, 0.15) is 26.3 Å². The molecule has 0 radical (unpaired) electrons. The van der Waals surface area contributed by atoms with Crippen molar-refractivity contribution < 1.29 is 28.6 Å². The highest BCUT2D eigenvalue weighted by molar-refractivity contribution is 5.94. The molecule has 1 N–H and O–H groups in total. The molecule has 1 amide bonds. The van der Waals surface area contributed by atoms with Gasteiger partial charge in [0.05, 0.1) is 12.8 Å². The Labute approximate surface area is 140 Å². The van der Waals surface area contributed by atoms with Gasteiger partial charge in [0.1, 0.15) is 5.60 Å². The number of aryl methyl sites for hydroxylation is 1. The fourth-order valence-corrected chi connectivity index (χ4v) is 1.59. The zero-order valence-electron chi connectivity index (χ0n) is 14.3. The third-order valence-corrected chi connectivity index (χ3v) is 2.54. The first-order valence-electron chi connectivity index (χ1n) is 7.19. The molecule has 24 heavy (non-hydrogen) atoms. The van der Waals surface area contributed by atoms with E-state index in [1.165, 1.54) is 13.2 Å². The van der Waals surface area contributed by atoms with Crippen LogP contribution in [0, 0.1) is 6.92 Å². The number of carbonyl (C=O) groups excluding carboxylic acids is 3. The molecule has 0 atom stereocenters. The van der Waals surface area contributed by atoms with Crippen LogP contribution < -0.4 is 10.1 Å². The molecule has 0 heterocycles. The van der Waals surface area contributed by atoms with E-state index in [0.29, 0.717) is 0 Å². The number of carbonyl (C=O) groups is 3. The average Bonchev–Trinajstić information content (AvgIpc) is 2.45. The third kappa shape index (κ3) is 6.95. The second kappa shape index (κ2) is 8.14. The van der Waals surface area contributed by atoms with Crippen LogP contribution in [0.3, 0.4) is 0 Å². The van der Waals surface area contributed by atoms with E-state index < -0.39 is 23.6 Å².